The van der Waals surface area contributed by atoms with Crippen molar-refractivity contribution in [2.75, 3.05) is 25.4 Å². The Kier molecular flexibility index (Phi) is 5.96. The topological polar surface area (TPSA) is 97.4 Å². The summed E-state index contributed by atoms with van der Waals surface area (Å²) in [5.74, 6) is -0.653. The Morgan fingerprint density at radius 2 is 1.79 bits per heavy atom. The second kappa shape index (κ2) is 9.25. The summed E-state index contributed by atoms with van der Waals surface area (Å²) in [6.45, 7) is 4.48. The largest absolute Gasteiger partial charge is 0.433 e. The molecule has 2 aliphatic heterocycles. The molecule has 3 aliphatic rings. The van der Waals surface area contributed by atoms with Crippen molar-refractivity contribution in [3.8, 4) is 5.69 Å². The van der Waals surface area contributed by atoms with Crippen LogP contribution in [0.2, 0.25) is 0 Å². The first kappa shape index (κ1) is 25.1. The molecule has 0 spiro atoms. The number of carbonyl (C=O) groups is 2. The van der Waals surface area contributed by atoms with Crippen LogP contribution in [0, 0.1) is 0 Å². The van der Waals surface area contributed by atoms with Crippen LogP contribution in [0.5, 0.6) is 0 Å². The minimum absolute atomic E-state index is 0.109. The highest BCUT2D eigenvalue weighted by Gasteiger charge is 2.41. The maximum absolute atomic E-state index is 13.7. The maximum atomic E-state index is 13.7. The van der Waals surface area contributed by atoms with Gasteiger partial charge in [0.25, 0.3) is 5.91 Å². The van der Waals surface area contributed by atoms with Gasteiger partial charge in [0.1, 0.15) is 11.5 Å². The summed E-state index contributed by atoms with van der Waals surface area (Å²) < 4.78 is 41.3. The number of rotatable bonds is 4. The highest BCUT2D eigenvalue weighted by Crippen LogP contribution is 2.41. The van der Waals surface area contributed by atoms with E-state index < -0.39 is 29.6 Å². The number of anilines is 1. The molecule has 2 N–H and O–H groups in total. The van der Waals surface area contributed by atoms with Crippen molar-refractivity contribution in [1.82, 2.24) is 24.6 Å². The van der Waals surface area contributed by atoms with E-state index in [1.165, 1.54) is 24.5 Å². The van der Waals surface area contributed by atoms with E-state index in [4.69, 9.17) is 10.8 Å². The van der Waals surface area contributed by atoms with E-state index in [9.17, 15) is 22.8 Å². The zero-order valence-corrected chi connectivity index (χ0v) is 21.1. The van der Waals surface area contributed by atoms with Gasteiger partial charge in [0.15, 0.2) is 0 Å². The van der Waals surface area contributed by atoms with Crippen molar-refractivity contribution in [2.45, 2.75) is 43.8 Å². The van der Waals surface area contributed by atoms with Crippen LogP contribution in [0.4, 0.5) is 19.0 Å². The molecule has 6 rings (SSSR count). The van der Waals surface area contributed by atoms with Crippen molar-refractivity contribution in [1.29, 1.82) is 0 Å². The first-order valence-corrected chi connectivity index (χ1v) is 12.9. The number of amides is 2. The van der Waals surface area contributed by atoms with E-state index in [2.05, 4.69) is 35.8 Å². The Morgan fingerprint density at radius 3 is 2.44 bits per heavy atom. The molecule has 11 heteroatoms. The van der Waals surface area contributed by atoms with Gasteiger partial charge in [-0.3, -0.25) is 9.59 Å². The van der Waals surface area contributed by atoms with E-state index in [1.54, 1.807) is 9.80 Å². The standard InChI is InChI=1S/C28H27F3N6O2/c1-2-24(38)35-13-11-20-25-21(37(34-20)18-7-5-17(6-8-18)16-3-4-16)12-14-36(22(25)15-35)27(39)19-9-10-23(28(29,30)31)33-26(19)32/h2,5-10,16,22H,1,3-4,11-15H2,(H2,32,33). The van der Waals surface area contributed by atoms with Gasteiger partial charge < -0.3 is 15.5 Å². The first-order valence-electron chi connectivity index (χ1n) is 12.9. The van der Waals surface area contributed by atoms with E-state index in [-0.39, 0.29) is 24.6 Å². The minimum Gasteiger partial charge on any atom is -0.383 e. The summed E-state index contributed by atoms with van der Waals surface area (Å²) in [7, 11) is 0. The number of carbonyl (C=O) groups excluding carboxylic acids is 2. The lowest BCUT2D eigenvalue weighted by molar-refractivity contribution is -0.141. The Labute approximate surface area is 222 Å². The molecule has 4 heterocycles. The van der Waals surface area contributed by atoms with Gasteiger partial charge in [-0.1, -0.05) is 18.7 Å². The third kappa shape index (κ3) is 4.45. The molecule has 202 valence electrons. The molecular weight excluding hydrogens is 509 g/mol. The molecule has 1 fully saturated rings. The number of nitrogens with zero attached hydrogens (tertiary/aromatic N) is 5. The van der Waals surface area contributed by atoms with Gasteiger partial charge in [-0.05, 0) is 54.7 Å². The predicted octanol–water partition coefficient (Wildman–Crippen LogP) is 4.06. The number of aromatic nitrogens is 3. The number of nitrogens with two attached hydrogens (primary N) is 1. The number of hydrogen-bond acceptors (Lipinski definition) is 5. The molecule has 0 bridgehead atoms. The quantitative estimate of drug-likeness (QED) is 0.508. The Morgan fingerprint density at radius 1 is 1.05 bits per heavy atom. The lowest BCUT2D eigenvalue weighted by atomic mass is 9.94. The van der Waals surface area contributed by atoms with E-state index in [0.717, 1.165) is 34.8 Å². The third-order valence-corrected chi connectivity index (χ3v) is 7.79. The highest BCUT2D eigenvalue weighted by molar-refractivity contribution is 5.99. The normalized spacial score (nSPS) is 18.9. The fourth-order valence-corrected chi connectivity index (χ4v) is 5.65. The van der Waals surface area contributed by atoms with Crippen LogP contribution in [0.3, 0.4) is 0 Å². The fourth-order valence-electron chi connectivity index (χ4n) is 5.65. The van der Waals surface area contributed by atoms with Gasteiger partial charge in [-0.2, -0.15) is 18.3 Å². The lowest BCUT2D eigenvalue weighted by Gasteiger charge is -2.38. The summed E-state index contributed by atoms with van der Waals surface area (Å²) >= 11 is 0. The second-order valence-electron chi connectivity index (χ2n) is 10.2. The van der Waals surface area contributed by atoms with Gasteiger partial charge in [-0.25, -0.2) is 9.67 Å². The Hall–Kier alpha value is -4.15. The molecule has 1 aromatic carbocycles. The predicted molar refractivity (Wildman–Crippen MR) is 137 cm³/mol. The number of halogens is 3. The summed E-state index contributed by atoms with van der Waals surface area (Å²) in [5.41, 5.74) is 9.44. The van der Waals surface area contributed by atoms with Crippen molar-refractivity contribution in [3.63, 3.8) is 0 Å². The molecule has 2 amide bonds. The smallest absolute Gasteiger partial charge is 0.383 e. The Balaban J connectivity index is 1.39. The van der Waals surface area contributed by atoms with E-state index in [0.29, 0.717) is 25.3 Å². The van der Waals surface area contributed by atoms with Gasteiger partial charge in [-0.15, -0.1) is 0 Å². The van der Waals surface area contributed by atoms with Gasteiger partial charge in [0.2, 0.25) is 5.91 Å². The van der Waals surface area contributed by atoms with Crippen LogP contribution in [-0.2, 0) is 23.8 Å². The Bertz CT molecular complexity index is 1480. The number of pyridine rings is 1. The lowest BCUT2D eigenvalue weighted by Crippen LogP contribution is -2.46. The first-order chi connectivity index (χ1) is 18.7. The molecule has 0 saturated heterocycles. The van der Waals surface area contributed by atoms with Crippen molar-refractivity contribution < 1.29 is 22.8 Å². The van der Waals surface area contributed by atoms with Crippen LogP contribution < -0.4 is 5.73 Å². The van der Waals surface area contributed by atoms with Gasteiger partial charge in [0.05, 0.1) is 28.7 Å². The zero-order valence-electron chi connectivity index (χ0n) is 21.1. The van der Waals surface area contributed by atoms with Gasteiger partial charge in [0, 0.05) is 38.0 Å². The summed E-state index contributed by atoms with van der Waals surface area (Å²) in [6.07, 6.45) is -0.0340. The average Bonchev–Trinajstić information content (AvgIpc) is 3.73. The SMILES string of the molecule is C=CC(=O)N1CCc2nn(-c3ccc(C4CC4)cc3)c3c2C(C1)N(C(=O)c1ccc(C(F)(F)F)nc1N)CC3. The van der Waals surface area contributed by atoms with E-state index >= 15 is 0 Å². The number of hydrogen-bond donors (Lipinski definition) is 1. The van der Waals surface area contributed by atoms with Crippen molar-refractivity contribution in [3.05, 3.63) is 82.8 Å². The molecule has 1 aliphatic carbocycles. The van der Waals surface area contributed by atoms with E-state index in [1.807, 2.05) is 4.68 Å². The average molecular weight is 537 g/mol. The number of benzene rings is 1. The van der Waals surface area contributed by atoms with Crippen LogP contribution in [0.15, 0.2) is 49.1 Å². The van der Waals surface area contributed by atoms with Gasteiger partial charge >= 0.3 is 6.18 Å². The van der Waals surface area contributed by atoms with Crippen LogP contribution in [0.1, 0.15) is 63.4 Å². The van der Waals surface area contributed by atoms with Crippen LogP contribution >= 0.6 is 0 Å². The highest BCUT2D eigenvalue weighted by atomic mass is 19.4. The molecule has 1 saturated carbocycles. The van der Waals surface area contributed by atoms with Crippen molar-refractivity contribution in [2.24, 2.45) is 0 Å². The minimum atomic E-state index is -4.68. The maximum Gasteiger partial charge on any atom is 0.433 e. The van der Waals surface area contributed by atoms with Crippen LogP contribution in [0.25, 0.3) is 5.69 Å². The molecular formula is C28H27F3N6O2. The molecule has 3 aromatic rings. The molecule has 0 radical (unpaired) electrons. The summed E-state index contributed by atoms with van der Waals surface area (Å²) in [6, 6.07) is 9.66. The summed E-state index contributed by atoms with van der Waals surface area (Å²) in [5, 5.41) is 4.93. The van der Waals surface area contributed by atoms with Crippen LogP contribution in [-0.4, -0.2) is 56.0 Å². The number of nitrogen functional groups attached to an aromatic ring is 1. The monoisotopic (exact) mass is 536 g/mol. The molecule has 39 heavy (non-hydrogen) atoms. The van der Waals surface area contributed by atoms with Crippen molar-refractivity contribution >= 4 is 17.6 Å². The molecule has 8 nitrogen and oxygen atoms in total. The fraction of sp³-hybridized carbons (Fsp3) is 0.357. The summed E-state index contributed by atoms with van der Waals surface area (Å²) in [4.78, 5) is 33.0. The zero-order chi connectivity index (χ0) is 27.5. The molecule has 1 unspecified atom stereocenters. The second-order valence-corrected chi connectivity index (χ2v) is 10.2. The number of alkyl halides is 3. The molecule has 2 aromatic heterocycles. The molecule has 1 atom stereocenters. The third-order valence-electron chi connectivity index (χ3n) is 7.79.